The first-order valence-electron chi connectivity index (χ1n) is 13.7. The van der Waals surface area contributed by atoms with Gasteiger partial charge >= 0.3 is 0 Å². The van der Waals surface area contributed by atoms with Crippen molar-refractivity contribution in [3.05, 3.63) is 85.1 Å². The minimum absolute atomic E-state index is 0.0797. The number of ether oxygens (including phenoxy) is 2. The summed E-state index contributed by atoms with van der Waals surface area (Å²) in [5.74, 6) is 1.00. The lowest BCUT2D eigenvalue weighted by Gasteiger charge is -2.33. The maximum atomic E-state index is 13.0. The molecule has 3 aromatic rings. The highest BCUT2D eigenvalue weighted by Crippen LogP contribution is 2.26. The average molecular weight is 555 g/mol. The Morgan fingerprint density at radius 2 is 1.95 bits per heavy atom. The van der Waals surface area contributed by atoms with Gasteiger partial charge < -0.3 is 25.0 Å². The fraction of sp³-hybridized carbons (Fsp3) is 0.290. The molecule has 5 rings (SSSR count). The summed E-state index contributed by atoms with van der Waals surface area (Å²) < 4.78 is 11.8. The lowest BCUT2D eigenvalue weighted by atomic mass is 10.1. The Kier molecular flexibility index (Phi) is 9.35. The van der Waals surface area contributed by atoms with Gasteiger partial charge in [-0.2, -0.15) is 0 Å². The molecule has 2 aliphatic heterocycles. The van der Waals surface area contributed by atoms with E-state index in [-0.39, 0.29) is 18.4 Å². The van der Waals surface area contributed by atoms with Gasteiger partial charge in [-0.3, -0.25) is 14.5 Å². The molecule has 0 aliphatic carbocycles. The number of amides is 2. The molecule has 41 heavy (non-hydrogen) atoms. The molecule has 0 spiro atoms. The first kappa shape index (κ1) is 28.0. The SMILES string of the molecule is C=CC(=O)N1CCN(CC(=O)Nc2cc3cc(c2)Nc2nccc(n2)-c2cccc(c2)OCC/C=C/COC3)CC1. The fourth-order valence-corrected chi connectivity index (χ4v) is 4.71. The Morgan fingerprint density at radius 3 is 2.80 bits per heavy atom. The van der Waals surface area contributed by atoms with E-state index in [1.54, 1.807) is 11.1 Å². The van der Waals surface area contributed by atoms with Crippen LogP contribution in [0.2, 0.25) is 0 Å². The minimum atomic E-state index is -0.129. The van der Waals surface area contributed by atoms with Crippen LogP contribution in [0, 0.1) is 0 Å². The van der Waals surface area contributed by atoms with E-state index in [0.717, 1.165) is 34.7 Å². The highest BCUT2D eigenvalue weighted by atomic mass is 16.5. The molecule has 2 aliphatic rings. The molecule has 1 fully saturated rings. The van der Waals surface area contributed by atoms with Gasteiger partial charge in [0.15, 0.2) is 0 Å². The lowest BCUT2D eigenvalue weighted by molar-refractivity contribution is -0.128. The van der Waals surface area contributed by atoms with Crippen molar-refractivity contribution < 1.29 is 19.1 Å². The number of carbonyl (C=O) groups excluding carboxylic acids is 2. The van der Waals surface area contributed by atoms with Crippen LogP contribution >= 0.6 is 0 Å². The molecular formula is C31H34N6O4. The van der Waals surface area contributed by atoms with E-state index >= 15 is 0 Å². The van der Waals surface area contributed by atoms with Crippen LogP contribution in [0.4, 0.5) is 17.3 Å². The minimum Gasteiger partial charge on any atom is -0.493 e. The van der Waals surface area contributed by atoms with Gasteiger partial charge in [0.25, 0.3) is 0 Å². The van der Waals surface area contributed by atoms with Crippen molar-refractivity contribution in [2.24, 2.45) is 0 Å². The van der Waals surface area contributed by atoms with Crippen LogP contribution in [-0.4, -0.2) is 77.5 Å². The number of piperazine rings is 1. The second-order valence-electron chi connectivity index (χ2n) is 9.81. The highest BCUT2D eigenvalue weighted by Gasteiger charge is 2.21. The molecule has 1 saturated heterocycles. The number of nitrogens with zero attached hydrogens (tertiary/aromatic N) is 4. The summed E-state index contributed by atoms with van der Waals surface area (Å²) in [6, 6.07) is 15.4. The molecule has 0 saturated carbocycles. The van der Waals surface area contributed by atoms with Crippen molar-refractivity contribution >= 4 is 29.1 Å². The van der Waals surface area contributed by atoms with Gasteiger partial charge in [-0.05, 0) is 54.5 Å². The van der Waals surface area contributed by atoms with Crippen molar-refractivity contribution in [3.8, 4) is 17.0 Å². The van der Waals surface area contributed by atoms with Crippen molar-refractivity contribution in [2.75, 3.05) is 56.6 Å². The zero-order valence-electron chi connectivity index (χ0n) is 22.9. The van der Waals surface area contributed by atoms with Crippen LogP contribution in [0.3, 0.4) is 0 Å². The monoisotopic (exact) mass is 554 g/mol. The van der Waals surface area contributed by atoms with Gasteiger partial charge in [-0.25, -0.2) is 9.97 Å². The zero-order valence-corrected chi connectivity index (χ0v) is 22.9. The van der Waals surface area contributed by atoms with E-state index in [9.17, 15) is 9.59 Å². The molecule has 2 N–H and O–H groups in total. The fourth-order valence-electron chi connectivity index (χ4n) is 4.71. The van der Waals surface area contributed by atoms with Crippen molar-refractivity contribution in [1.29, 1.82) is 0 Å². The number of benzene rings is 2. The predicted molar refractivity (Wildman–Crippen MR) is 158 cm³/mol. The average Bonchev–Trinajstić information content (AvgIpc) is 2.98. The second-order valence-corrected chi connectivity index (χ2v) is 9.81. The maximum Gasteiger partial charge on any atom is 0.246 e. The van der Waals surface area contributed by atoms with Crippen LogP contribution in [0.25, 0.3) is 11.3 Å². The third-order valence-corrected chi connectivity index (χ3v) is 6.75. The number of rotatable bonds is 4. The third kappa shape index (κ3) is 8.00. The Labute approximate surface area is 239 Å². The van der Waals surface area contributed by atoms with Crippen molar-refractivity contribution in [2.45, 2.75) is 13.0 Å². The largest absolute Gasteiger partial charge is 0.493 e. The molecular weight excluding hydrogens is 520 g/mol. The van der Waals surface area contributed by atoms with Crippen LogP contribution < -0.4 is 15.4 Å². The molecule has 6 bridgehead atoms. The predicted octanol–water partition coefficient (Wildman–Crippen LogP) is 4.01. The van der Waals surface area contributed by atoms with E-state index in [2.05, 4.69) is 22.2 Å². The molecule has 10 heteroatoms. The smallest absolute Gasteiger partial charge is 0.246 e. The standard InChI is InChI=1S/C31H34N6O4/c1-2-30(39)37-13-11-36(12-14-37)21-29(38)33-25-17-23-18-26(20-25)34-31-32-10-9-28(35-31)24-7-6-8-27(19-24)41-16-5-3-4-15-40-22-23/h2-4,6-10,17-20H,1,5,11-16,21-22H2,(H,33,38)(H,32,34,35)/b4-3+. The van der Waals surface area contributed by atoms with Gasteiger partial charge in [0.2, 0.25) is 17.8 Å². The van der Waals surface area contributed by atoms with E-state index in [1.807, 2.05) is 65.6 Å². The number of hydrogen-bond acceptors (Lipinski definition) is 8. The molecule has 212 valence electrons. The van der Waals surface area contributed by atoms with Crippen LogP contribution in [-0.2, 0) is 20.9 Å². The normalized spacial score (nSPS) is 16.7. The molecule has 0 radical (unpaired) electrons. The highest BCUT2D eigenvalue weighted by molar-refractivity contribution is 5.93. The molecule has 3 heterocycles. The van der Waals surface area contributed by atoms with Gasteiger partial charge in [0, 0.05) is 49.3 Å². The topological polar surface area (TPSA) is 109 Å². The van der Waals surface area contributed by atoms with Gasteiger partial charge in [-0.1, -0.05) is 30.9 Å². The summed E-state index contributed by atoms with van der Waals surface area (Å²) in [6.07, 6.45) is 7.82. The second kappa shape index (κ2) is 13.7. The Bertz CT molecular complexity index is 1420. The number of hydrogen-bond donors (Lipinski definition) is 2. The number of fused-ring (bicyclic) bond motifs is 7. The van der Waals surface area contributed by atoms with E-state index in [0.29, 0.717) is 57.6 Å². The van der Waals surface area contributed by atoms with Crippen molar-refractivity contribution in [1.82, 2.24) is 19.8 Å². The summed E-state index contributed by atoms with van der Waals surface area (Å²) in [5.41, 5.74) is 3.95. The number of anilines is 3. The first-order chi connectivity index (χ1) is 20.1. The third-order valence-electron chi connectivity index (χ3n) is 6.75. The number of aromatic nitrogens is 2. The summed E-state index contributed by atoms with van der Waals surface area (Å²) in [7, 11) is 0. The molecule has 10 nitrogen and oxygen atoms in total. The maximum absolute atomic E-state index is 13.0. The molecule has 0 unspecified atom stereocenters. The van der Waals surface area contributed by atoms with E-state index < -0.39 is 0 Å². The van der Waals surface area contributed by atoms with Gasteiger partial charge in [0.05, 0.1) is 32.1 Å². The summed E-state index contributed by atoms with van der Waals surface area (Å²) in [6.45, 7) is 7.57. The van der Waals surface area contributed by atoms with Gasteiger partial charge in [-0.15, -0.1) is 0 Å². The molecule has 2 aromatic carbocycles. The van der Waals surface area contributed by atoms with Crippen LogP contribution in [0.1, 0.15) is 12.0 Å². The summed E-state index contributed by atoms with van der Waals surface area (Å²) >= 11 is 0. The zero-order chi connectivity index (χ0) is 28.4. The van der Waals surface area contributed by atoms with E-state index in [4.69, 9.17) is 14.5 Å². The van der Waals surface area contributed by atoms with Crippen LogP contribution in [0.15, 0.2) is 79.5 Å². The number of carbonyl (C=O) groups is 2. The van der Waals surface area contributed by atoms with Crippen molar-refractivity contribution in [3.63, 3.8) is 0 Å². The summed E-state index contributed by atoms with van der Waals surface area (Å²) in [4.78, 5) is 37.7. The Morgan fingerprint density at radius 1 is 1.07 bits per heavy atom. The van der Waals surface area contributed by atoms with Gasteiger partial charge in [0.1, 0.15) is 5.75 Å². The first-order valence-corrected chi connectivity index (χ1v) is 13.7. The molecule has 2 amide bonds. The van der Waals surface area contributed by atoms with E-state index in [1.165, 1.54) is 6.08 Å². The molecule has 0 atom stereocenters. The Hall–Kier alpha value is -4.54. The van der Waals surface area contributed by atoms with Crippen LogP contribution in [0.5, 0.6) is 5.75 Å². The Balaban J connectivity index is 1.32. The quantitative estimate of drug-likeness (QED) is 0.368. The number of nitrogens with one attached hydrogen (secondary N) is 2. The summed E-state index contributed by atoms with van der Waals surface area (Å²) in [5, 5.41) is 6.30. The molecule has 1 aromatic heterocycles. The lowest BCUT2D eigenvalue weighted by Crippen LogP contribution is -2.50.